The summed E-state index contributed by atoms with van der Waals surface area (Å²) in [5, 5.41) is 0. The van der Waals surface area contributed by atoms with Gasteiger partial charge in [0, 0.05) is 6.54 Å². The molecule has 2 aromatic rings. The van der Waals surface area contributed by atoms with Gasteiger partial charge in [-0.3, -0.25) is 0 Å². The monoisotopic (exact) mass is 363 g/mol. The molecule has 5 nitrogen and oxygen atoms in total. The molecule has 0 atom stereocenters. The zero-order chi connectivity index (χ0) is 18.1. The van der Waals surface area contributed by atoms with Gasteiger partial charge < -0.3 is 9.47 Å². The van der Waals surface area contributed by atoms with Gasteiger partial charge in [-0.15, -0.1) is 0 Å². The van der Waals surface area contributed by atoms with E-state index in [4.69, 9.17) is 9.47 Å². The van der Waals surface area contributed by atoms with Crippen LogP contribution in [0, 0.1) is 6.92 Å². The molecule has 2 rings (SSSR count). The van der Waals surface area contributed by atoms with E-state index in [1.54, 1.807) is 7.11 Å². The summed E-state index contributed by atoms with van der Waals surface area (Å²) >= 11 is 0. The molecule has 0 saturated carbocycles. The van der Waals surface area contributed by atoms with Crippen LogP contribution in [0.4, 0.5) is 0 Å². The first-order chi connectivity index (χ1) is 12.0. The smallest absolute Gasteiger partial charge is 0.211 e. The third-order valence-electron chi connectivity index (χ3n) is 3.72. The molecule has 0 heterocycles. The molecule has 0 aliphatic carbocycles. The van der Waals surface area contributed by atoms with Crippen LogP contribution in [0.2, 0.25) is 0 Å². The van der Waals surface area contributed by atoms with Crippen molar-refractivity contribution in [3.63, 3.8) is 0 Å². The van der Waals surface area contributed by atoms with E-state index in [-0.39, 0.29) is 18.9 Å². The van der Waals surface area contributed by atoms with Crippen molar-refractivity contribution >= 4 is 10.0 Å². The van der Waals surface area contributed by atoms with Gasteiger partial charge in [0.15, 0.2) is 11.5 Å². The molecule has 2 aromatic carbocycles. The van der Waals surface area contributed by atoms with Gasteiger partial charge in [-0.2, -0.15) is 0 Å². The van der Waals surface area contributed by atoms with Crippen LogP contribution in [0.15, 0.2) is 48.5 Å². The summed E-state index contributed by atoms with van der Waals surface area (Å²) in [6.45, 7) is 2.44. The van der Waals surface area contributed by atoms with Crippen LogP contribution in [-0.2, 0) is 16.4 Å². The van der Waals surface area contributed by atoms with Gasteiger partial charge in [-0.05, 0) is 43.0 Å². The van der Waals surface area contributed by atoms with Gasteiger partial charge in [-0.1, -0.05) is 36.4 Å². The number of aryl methyl sites for hydroxylation is 2. The van der Waals surface area contributed by atoms with Crippen molar-refractivity contribution in [3.8, 4) is 11.5 Å². The van der Waals surface area contributed by atoms with Crippen molar-refractivity contribution in [2.75, 3.05) is 26.0 Å². The van der Waals surface area contributed by atoms with Gasteiger partial charge in [0.2, 0.25) is 10.0 Å². The van der Waals surface area contributed by atoms with Gasteiger partial charge in [0.25, 0.3) is 0 Å². The lowest BCUT2D eigenvalue weighted by atomic mass is 10.1. The van der Waals surface area contributed by atoms with E-state index < -0.39 is 10.0 Å². The second kappa shape index (κ2) is 9.44. The summed E-state index contributed by atoms with van der Waals surface area (Å²) in [4.78, 5) is 0. The van der Waals surface area contributed by atoms with Crippen molar-refractivity contribution in [1.29, 1.82) is 0 Å². The van der Waals surface area contributed by atoms with Crippen LogP contribution in [0.25, 0.3) is 0 Å². The maximum atomic E-state index is 12.0. The standard InChI is InChI=1S/C19H25NO4S/c1-16-10-11-18(19(15-16)23-2)24-13-12-20-25(21,22)14-6-9-17-7-4-3-5-8-17/h3-5,7-8,10-11,15,20H,6,9,12-14H2,1-2H3. The zero-order valence-corrected chi connectivity index (χ0v) is 15.5. The Morgan fingerprint density at radius 1 is 1.04 bits per heavy atom. The van der Waals surface area contributed by atoms with Crippen LogP contribution < -0.4 is 14.2 Å². The molecule has 0 radical (unpaired) electrons. The van der Waals surface area contributed by atoms with Crippen LogP contribution in [-0.4, -0.2) is 34.4 Å². The molecule has 0 amide bonds. The molecular formula is C19H25NO4S. The Morgan fingerprint density at radius 2 is 1.80 bits per heavy atom. The highest BCUT2D eigenvalue weighted by molar-refractivity contribution is 7.89. The molecule has 1 N–H and O–H groups in total. The number of methoxy groups -OCH3 is 1. The van der Waals surface area contributed by atoms with E-state index in [9.17, 15) is 8.42 Å². The predicted molar refractivity (Wildman–Crippen MR) is 99.8 cm³/mol. The number of ether oxygens (including phenoxy) is 2. The average Bonchev–Trinajstić information content (AvgIpc) is 2.60. The Kier molecular flexibility index (Phi) is 7.28. The normalized spacial score (nSPS) is 11.3. The molecule has 0 fully saturated rings. The van der Waals surface area contributed by atoms with Gasteiger partial charge >= 0.3 is 0 Å². The van der Waals surface area contributed by atoms with Crippen molar-refractivity contribution in [2.45, 2.75) is 19.8 Å². The largest absolute Gasteiger partial charge is 0.493 e. The quantitative estimate of drug-likeness (QED) is 0.659. The lowest BCUT2D eigenvalue weighted by molar-refractivity contribution is 0.298. The molecule has 0 spiro atoms. The summed E-state index contributed by atoms with van der Waals surface area (Å²) in [5.74, 6) is 1.36. The Morgan fingerprint density at radius 3 is 2.52 bits per heavy atom. The third-order valence-corrected chi connectivity index (χ3v) is 5.19. The van der Waals surface area contributed by atoms with Crippen molar-refractivity contribution < 1.29 is 17.9 Å². The number of hydrogen-bond donors (Lipinski definition) is 1. The molecular weight excluding hydrogens is 338 g/mol. The fourth-order valence-corrected chi connectivity index (χ4v) is 3.50. The fourth-order valence-electron chi connectivity index (χ4n) is 2.44. The van der Waals surface area contributed by atoms with Crippen LogP contribution in [0.3, 0.4) is 0 Å². The van der Waals surface area contributed by atoms with Crippen LogP contribution in [0.1, 0.15) is 17.5 Å². The summed E-state index contributed by atoms with van der Waals surface area (Å²) in [5.41, 5.74) is 2.22. The Bertz CT molecular complexity index is 760. The third kappa shape index (κ3) is 6.76. The lowest BCUT2D eigenvalue weighted by Crippen LogP contribution is -2.30. The molecule has 0 aliphatic rings. The second-order valence-electron chi connectivity index (χ2n) is 5.81. The first-order valence-corrected chi connectivity index (χ1v) is 9.94. The maximum Gasteiger partial charge on any atom is 0.211 e. The summed E-state index contributed by atoms with van der Waals surface area (Å²) < 4.78 is 37.4. The second-order valence-corrected chi connectivity index (χ2v) is 7.73. The van der Waals surface area contributed by atoms with E-state index in [1.165, 1.54) is 0 Å². The van der Waals surface area contributed by atoms with Crippen molar-refractivity contribution in [1.82, 2.24) is 4.72 Å². The highest BCUT2D eigenvalue weighted by atomic mass is 32.2. The van der Waals surface area contributed by atoms with Crippen LogP contribution in [0.5, 0.6) is 11.5 Å². The molecule has 25 heavy (non-hydrogen) atoms. The molecule has 136 valence electrons. The molecule has 0 bridgehead atoms. The topological polar surface area (TPSA) is 64.6 Å². The molecule has 0 aromatic heterocycles. The average molecular weight is 363 g/mol. The first kappa shape index (κ1) is 19.3. The highest BCUT2D eigenvalue weighted by Gasteiger charge is 2.10. The number of nitrogens with one attached hydrogen (secondary N) is 1. The SMILES string of the molecule is COc1cc(C)ccc1OCCNS(=O)(=O)CCCc1ccccc1. The molecule has 0 aliphatic heterocycles. The number of rotatable bonds is 10. The van der Waals surface area contributed by atoms with Gasteiger partial charge in [-0.25, -0.2) is 13.1 Å². The Hall–Kier alpha value is -2.05. The number of hydrogen-bond acceptors (Lipinski definition) is 4. The van der Waals surface area contributed by atoms with Crippen molar-refractivity contribution in [2.24, 2.45) is 0 Å². The zero-order valence-electron chi connectivity index (χ0n) is 14.7. The summed E-state index contributed by atoms with van der Waals surface area (Å²) in [6, 6.07) is 15.5. The molecule has 0 saturated heterocycles. The van der Waals surface area contributed by atoms with Crippen molar-refractivity contribution in [3.05, 3.63) is 59.7 Å². The van der Waals surface area contributed by atoms with E-state index >= 15 is 0 Å². The number of sulfonamides is 1. The summed E-state index contributed by atoms with van der Waals surface area (Å²) in [7, 11) is -1.71. The highest BCUT2D eigenvalue weighted by Crippen LogP contribution is 2.27. The lowest BCUT2D eigenvalue weighted by Gasteiger charge is -2.12. The van der Waals surface area contributed by atoms with E-state index in [0.717, 1.165) is 17.5 Å². The van der Waals surface area contributed by atoms with Gasteiger partial charge in [0.05, 0.1) is 12.9 Å². The Balaban J connectivity index is 1.71. The first-order valence-electron chi connectivity index (χ1n) is 8.29. The maximum absolute atomic E-state index is 12.0. The number of benzene rings is 2. The predicted octanol–water partition coefficient (Wildman–Crippen LogP) is 2.93. The minimum Gasteiger partial charge on any atom is -0.493 e. The molecule has 0 unspecified atom stereocenters. The molecule has 6 heteroatoms. The fraction of sp³-hybridized carbons (Fsp3) is 0.368. The van der Waals surface area contributed by atoms with E-state index in [1.807, 2.05) is 55.5 Å². The minimum atomic E-state index is -3.29. The van der Waals surface area contributed by atoms with Crippen LogP contribution >= 0.6 is 0 Å². The van der Waals surface area contributed by atoms with E-state index in [0.29, 0.717) is 17.9 Å². The minimum absolute atomic E-state index is 0.107. The van der Waals surface area contributed by atoms with Gasteiger partial charge in [0.1, 0.15) is 6.61 Å². The van der Waals surface area contributed by atoms with E-state index in [2.05, 4.69) is 4.72 Å². The Labute approximate surface area is 150 Å². The summed E-state index contributed by atoms with van der Waals surface area (Å²) in [6.07, 6.45) is 1.34.